The van der Waals surface area contributed by atoms with Crippen LogP contribution in [-0.4, -0.2) is 63.2 Å². The number of carbonyl (C=O) groups excluding carboxylic acids is 1. The zero-order valence-corrected chi connectivity index (χ0v) is 13.1. The predicted molar refractivity (Wildman–Crippen MR) is 82.0 cm³/mol. The Morgan fingerprint density at radius 3 is 2.54 bits per heavy atom. The van der Waals surface area contributed by atoms with E-state index in [4.69, 9.17) is 4.74 Å². The number of hydrogen-bond acceptors (Lipinski definition) is 6. The van der Waals surface area contributed by atoms with Crippen LogP contribution in [0.4, 0.5) is 10.3 Å². The SMILES string of the molecule is O=C(c1cnc2n1CCN(c1ncc(F)cn1)C2)N1CCOCC1. The summed E-state index contributed by atoms with van der Waals surface area (Å²) in [6.07, 6.45) is 3.93. The van der Waals surface area contributed by atoms with E-state index in [0.29, 0.717) is 57.6 Å². The molecule has 9 heteroatoms. The highest BCUT2D eigenvalue weighted by Crippen LogP contribution is 2.19. The van der Waals surface area contributed by atoms with Crippen molar-refractivity contribution in [1.82, 2.24) is 24.4 Å². The van der Waals surface area contributed by atoms with E-state index >= 15 is 0 Å². The van der Waals surface area contributed by atoms with Gasteiger partial charge in [-0.3, -0.25) is 4.79 Å². The zero-order chi connectivity index (χ0) is 16.5. The first-order valence-electron chi connectivity index (χ1n) is 7.86. The highest BCUT2D eigenvalue weighted by molar-refractivity contribution is 5.92. The van der Waals surface area contributed by atoms with Crippen LogP contribution >= 0.6 is 0 Å². The number of rotatable bonds is 2. The number of aromatic nitrogens is 4. The lowest BCUT2D eigenvalue weighted by molar-refractivity contribution is 0.0295. The second kappa shape index (κ2) is 6.16. The van der Waals surface area contributed by atoms with Crippen LogP contribution < -0.4 is 4.90 Å². The fourth-order valence-corrected chi connectivity index (χ4v) is 3.00. The van der Waals surface area contributed by atoms with Gasteiger partial charge < -0.3 is 19.1 Å². The summed E-state index contributed by atoms with van der Waals surface area (Å²) < 4.78 is 20.2. The highest BCUT2D eigenvalue weighted by Gasteiger charge is 2.27. The molecule has 4 heterocycles. The number of hydrogen-bond donors (Lipinski definition) is 0. The molecular formula is C15H17FN6O2. The number of halogens is 1. The third-order valence-corrected chi connectivity index (χ3v) is 4.27. The molecule has 4 rings (SSSR count). The van der Waals surface area contributed by atoms with Gasteiger partial charge in [0.25, 0.3) is 5.91 Å². The quantitative estimate of drug-likeness (QED) is 0.788. The molecule has 2 aromatic rings. The van der Waals surface area contributed by atoms with Gasteiger partial charge in [-0.05, 0) is 0 Å². The van der Waals surface area contributed by atoms with Crippen molar-refractivity contribution in [3.05, 3.63) is 35.9 Å². The van der Waals surface area contributed by atoms with Crippen LogP contribution in [0.5, 0.6) is 0 Å². The molecule has 0 unspecified atom stereocenters. The number of amides is 1. The molecule has 24 heavy (non-hydrogen) atoms. The summed E-state index contributed by atoms with van der Waals surface area (Å²) in [6, 6.07) is 0. The van der Waals surface area contributed by atoms with Gasteiger partial charge in [0.2, 0.25) is 5.95 Å². The van der Waals surface area contributed by atoms with Gasteiger partial charge >= 0.3 is 0 Å². The van der Waals surface area contributed by atoms with Crippen molar-refractivity contribution in [3.63, 3.8) is 0 Å². The number of fused-ring (bicyclic) bond motifs is 1. The van der Waals surface area contributed by atoms with Crippen LogP contribution in [0, 0.1) is 5.82 Å². The number of imidazole rings is 1. The van der Waals surface area contributed by atoms with Gasteiger partial charge in [0.05, 0.1) is 38.3 Å². The van der Waals surface area contributed by atoms with Crippen molar-refractivity contribution in [1.29, 1.82) is 0 Å². The topological polar surface area (TPSA) is 76.4 Å². The zero-order valence-electron chi connectivity index (χ0n) is 13.1. The molecule has 0 saturated carbocycles. The van der Waals surface area contributed by atoms with Crippen molar-refractivity contribution in [2.75, 3.05) is 37.7 Å². The normalized spacial score (nSPS) is 17.7. The largest absolute Gasteiger partial charge is 0.378 e. The first kappa shape index (κ1) is 15.0. The van der Waals surface area contributed by atoms with Crippen LogP contribution in [0.1, 0.15) is 16.3 Å². The van der Waals surface area contributed by atoms with Gasteiger partial charge in [0.1, 0.15) is 11.5 Å². The molecule has 0 N–H and O–H groups in total. The van der Waals surface area contributed by atoms with Gasteiger partial charge in [-0.1, -0.05) is 0 Å². The van der Waals surface area contributed by atoms with Crippen LogP contribution in [0.25, 0.3) is 0 Å². The summed E-state index contributed by atoms with van der Waals surface area (Å²) in [4.78, 5) is 28.8. The molecule has 2 aromatic heterocycles. The Labute approximate surface area is 137 Å². The Hall–Kier alpha value is -2.55. The second-order valence-corrected chi connectivity index (χ2v) is 5.74. The Balaban J connectivity index is 1.53. The van der Waals surface area contributed by atoms with E-state index in [1.165, 1.54) is 0 Å². The third kappa shape index (κ3) is 2.71. The molecular weight excluding hydrogens is 315 g/mol. The van der Waals surface area contributed by atoms with E-state index in [1.807, 2.05) is 9.47 Å². The minimum Gasteiger partial charge on any atom is -0.378 e. The molecule has 2 aliphatic rings. The van der Waals surface area contributed by atoms with Gasteiger partial charge in [-0.25, -0.2) is 19.3 Å². The number of nitrogens with zero attached hydrogens (tertiary/aromatic N) is 6. The lowest BCUT2D eigenvalue weighted by Gasteiger charge is -2.30. The Kier molecular flexibility index (Phi) is 3.85. The maximum atomic E-state index is 13.0. The number of anilines is 1. The van der Waals surface area contributed by atoms with Crippen molar-refractivity contribution in [3.8, 4) is 0 Å². The first-order valence-corrected chi connectivity index (χ1v) is 7.86. The molecule has 0 radical (unpaired) electrons. The molecule has 1 amide bonds. The van der Waals surface area contributed by atoms with E-state index in [0.717, 1.165) is 18.2 Å². The Morgan fingerprint density at radius 2 is 1.79 bits per heavy atom. The molecule has 0 aromatic carbocycles. The summed E-state index contributed by atoms with van der Waals surface area (Å²) >= 11 is 0. The Morgan fingerprint density at radius 1 is 1.04 bits per heavy atom. The molecule has 0 atom stereocenters. The van der Waals surface area contributed by atoms with Gasteiger partial charge in [-0.15, -0.1) is 0 Å². The lowest BCUT2D eigenvalue weighted by atomic mass is 10.3. The fourth-order valence-electron chi connectivity index (χ4n) is 3.00. The molecule has 0 aliphatic carbocycles. The molecule has 2 aliphatic heterocycles. The van der Waals surface area contributed by atoms with E-state index < -0.39 is 5.82 Å². The first-order chi connectivity index (χ1) is 11.7. The van der Waals surface area contributed by atoms with E-state index in [9.17, 15) is 9.18 Å². The fraction of sp³-hybridized carbons (Fsp3) is 0.467. The van der Waals surface area contributed by atoms with Gasteiger partial charge in [-0.2, -0.15) is 0 Å². The van der Waals surface area contributed by atoms with Crippen molar-refractivity contribution < 1.29 is 13.9 Å². The highest BCUT2D eigenvalue weighted by atomic mass is 19.1. The molecule has 8 nitrogen and oxygen atoms in total. The monoisotopic (exact) mass is 332 g/mol. The summed E-state index contributed by atoms with van der Waals surface area (Å²) in [7, 11) is 0. The summed E-state index contributed by atoms with van der Waals surface area (Å²) in [6.45, 7) is 4.09. The second-order valence-electron chi connectivity index (χ2n) is 5.74. The molecule has 1 saturated heterocycles. The third-order valence-electron chi connectivity index (χ3n) is 4.27. The van der Waals surface area contributed by atoms with Crippen molar-refractivity contribution in [2.45, 2.75) is 13.1 Å². The van der Waals surface area contributed by atoms with E-state index in [2.05, 4.69) is 15.0 Å². The summed E-state index contributed by atoms with van der Waals surface area (Å²) in [5.74, 6) is 0.775. The maximum absolute atomic E-state index is 13.0. The van der Waals surface area contributed by atoms with E-state index in [1.54, 1.807) is 11.1 Å². The maximum Gasteiger partial charge on any atom is 0.272 e. The number of ether oxygens (including phenoxy) is 1. The minimum absolute atomic E-state index is 0.0106. The number of morpholine rings is 1. The molecule has 126 valence electrons. The van der Waals surface area contributed by atoms with Crippen LogP contribution in [0.2, 0.25) is 0 Å². The minimum atomic E-state index is -0.462. The van der Waals surface area contributed by atoms with Gasteiger partial charge in [0, 0.05) is 26.2 Å². The lowest BCUT2D eigenvalue weighted by Crippen LogP contribution is -2.42. The molecule has 0 spiro atoms. The molecule has 1 fully saturated rings. The number of carbonyl (C=O) groups is 1. The van der Waals surface area contributed by atoms with Gasteiger partial charge in [0.15, 0.2) is 5.82 Å². The Bertz CT molecular complexity index is 741. The summed E-state index contributed by atoms with van der Waals surface area (Å²) in [5.41, 5.74) is 0.603. The van der Waals surface area contributed by atoms with Crippen molar-refractivity contribution in [2.24, 2.45) is 0 Å². The van der Waals surface area contributed by atoms with Crippen LogP contribution in [0.3, 0.4) is 0 Å². The predicted octanol–water partition coefficient (Wildman–Crippen LogP) is 0.305. The van der Waals surface area contributed by atoms with Crippen molar-refractivity contribution >= 4 is 11.9 Å². The van der Waals surface area contributed by atoms with E-state index in [-0.39, 0.29) is 5.91 Å². The average Bonchev–Trinajstić information content (AvgIpc) is 3.05. The molecule has 0 bridgehead atoms. The van der Waals surface area contributed by atoms with Crippen LogP contribution in [-0.2, 0) is 17.8 Å². The van der Waals surface area contributed by atoms with Crippen LogP contribution in [0.15, 0.2) is 18.6 Å². The average molecular weight is 332 g/mol. The summed E-state index contributed by atoms with van der Waals surface area (Å²) in [5, 5.41) is 0. The standard InChI is InChI=1S/C15H17FN6O2/c16-11-7-18-15(19-8-11)21-1-2-22-12(9-17-13(22)10-21)14(23)20-3-5-24-6-4-20/h7-9H,1-6,10H2. The smallest absolute Gasteiger partial charge is 0.272 e.